The first kappa shape index (κ1) is 43.9. The predicted octanol–water partition coefficient (Wildman–Crippen LogP) is 7.04. The number of nitriles is 4. The van der Waals surface area contributed by atoms with Crippen LogP contribution < -0.4 is 0 Å². The first-order valence-electron chi connectivity index (χ1n) is 14.2. The van der Waals surface area contributed by atoms with E-state index in [-0.39, 0.29) is 23.0 Å². The van der Waals surface area contributed by atoms with E-state index < -0.39 is 30.5 Å². The molecular formula is C37H40N4O5S3. The van der Waals surface area contributed by atoms with Gasteiger partial charge in [0.05, 0.1) is 72.9 Å². The molecule has 0 fully saturated rings. The van der Waals surface area contributed by atoms with E-state index in [9.17, 15) is 21.0 Å². The molecule has 0 bridgehead atoms. The van der Waals surface area contributed by atoms with Crippen molar-refractivity contribution in [2.75, 3.05) is 18.3 Å². The molecule has 0 aromatic heterocycles. The van der Waals surface area contributed by atoms with Crippen LogP contribution in [0, 0.1) is 73.0 Å². The second kappa shape index (κ2) is 20.3. The lowest BCUT2D eigenvalue weighted by Crippen LogP contribution is -2.05. The van der Waals surface area contributed by atoms with Crippen LogP contribution in [0.25, 0.3) is 0 Å². The molecule has 49 heavy (non-hydrogen) atoms. The molecule has 9 nitrogen and oxygen atoms in total. The van der Waals surface area contributed by atoms with Gasteiger partial charge in [-0.1, -0.05) is 50.2 Å². The molecule has 0 aliphatic heterocycles. The molecule has 1 atom stereocenters. The van der Waals surface area contributed by atoms with Gasteiger partial charge >= 0.3 is 0 Å². The van der Waals surface area contributed by atoms with Gasteiger partial charge in [-0.05, 0) is 92.9 Å². The molecule has 0 heterocycles. The normalized spacial score (nSPS) is 10.5. The Labute approximate surface area is 294 Å². The van der Waals surface area contributed by atoms with Crippen LogP contribution in [0.1, 0.15) is 58.9 Å². The summed E-state index contributed by atoms with van der Waals surface area (Å²) < 4.78 is 56.7. The fourth-order valence-corrected chi connectivity index (χ4v) is 6.82. The van der Waals surface area contributed by atoms with Crippen molar-refractivity contribution in [1.82, 2.24) is 0 Å². The van der Waals surface area contributed by atoms with E-state index in [0.717, 1.165) is 22.3 Å². The average molecular weight is 717 g/mol. The predicted molar refractivity (Wildman–Crippen MR) is 193 cm³/mol. The molecule has 0 radical (unpaired) electrons. The van der Waals surface area contributed by atoms with Crippen LogP contribution in [0.5, 0.6) is 0 Å². The van der Waals surface area contributed by atoms with Crippen molar-refractivity contribution in [3.05, 3.63) is 123 Å². The lowest BCUT2D eigenvalue weighted by Gasteiger charge is -2.05. The van der Waals surface area contributed by atoms with Crippen molar-refractivity contribution in [3.8, 4) is 24.3 Å². The molecule has 4 rings (SSSR count). The smallest absolute Gasteiger partial charge is 0.178 e. The Bertz CT molecular complexity index is 2170. The molecule has 256 valence electrons. The van der Waals surface area contributed by atoms with Crippen LogP contribution in [-0.4, -0.2) is 39.3 Å². The van der Waals surface area contributed by atoms with Gasteiger partial charge in [0, 0.05) is 17.4 Å². The van der Waals surface area contributed by atoms with Gasteiger partial charge in [0.2, 0.25) is 0 Å². The minimum atomic E-state index is -3.22. The van der Waals surface area contributed by atoms with Crippen molar-refractivity contribution in [2.45, 2.75) is 56.7 Å². The number of hydrogen-bond acceptors (Lipinski definition) is 9. The van der Waals surface area contributed by atoms with Crippen LogP contribution in [0.15, 0.2) is 93.5 Å². The summed E-state index contributed by atoms with van der Waals surface area (Å²) in [4.78, 5) is 1.24. The number of benzene rings is 4. The second-order valence-electron chi connectivity index (χ2n) is 10.4. The minimum absolute atomic E-state index is 0. The van der Waals surface area contributed by atoms with Gasteiger partial charge in [0.1, 0.15) is 0 Å². The summed E-state index contributed by atoms with van der Waals surface area (Å²) in [6.45, 7) is 8.91. The molecule has 0 spiro atoms. The van der Waals surface area contributed by atoms with Gasteiger partial charge in [-0.25, -0.2) is 16.8 Å². The number of aryl methyl sites for hydroxylation is 4. The Morgan fingerprint density at radius 1 is 0.592 bits per heavy atom. The van der Waals surface area contributed by atoms with E-state index in [4.69, 9.17) is 21.0 Å². The van der Waals surface area contributed by atoms with Gasteiger partial charge in [-0.2, -0.15) is 21.0 Å². The zero-order chi connectivity index (χ0) is 36.7. The molecular weight excluding hydrogens is 677 g/mol. The maximum absolute atomic E-state index is 11.6. The lowest BCUT2D eigenvalue weighted by molar-refractivity contribution is 0.596. The number of hydrogen-bond donors (Lipinski definition) is 0. The third kappa shape index (κ3) is 14.3. The Morgan fingerprint density at radius 2 is 0.959 bits per heavy atom. The molecule has 4 aromatic rings. The molecule has 0 aliphatic carbocycles. The van der Waals surface area contributed by atoms with Crippen molar-refractivity contribution >= 4 is 30.5 Å². The third-order valence-corrected chi connectivity index (χ3v) is 10.7. The fourth-order valence-electron chi connectivity index (χ4n) is 3.84. The van der Waals surface area contributed by atoms with Gasteiger partial charge < -0.3 is 0 Å². The maximum atomic E-state index is 11.6. The Morgan fingerprint density at radius 3 is 1.35 bits per heavy atom. The quantitative estimate of drug-likeness (QED) is 0.214. The Kier molecular flexibility index (Phi) is 18.2. The molecule has 0 amide bonds. The van der Waals surface area contributed by atoms with E-state index in [2.05, 4.69) is 6.07 Å². The van der Waals surface area contributed by atoms with E-state index >= 15 is 0 Å². The zero-order valence-corrected chi connectivity index (χ0v) is 30.2. The molecule has 0 N–H and O–H groups in total. The van der Waals surface area contributed by atoms with Crippen molar-refractivity contribution in [3.63, 3.8) is 0 Å². The number of rotatable bonds is 4. The van der Waals surface area contributed by atoms with Crippen LogP contribution in [0.2, 0.25) is 0 Å². The van der Waals surface area contributed by atoms with Crippen molar-refractivity contribution in [1.29, 1.82) is 21.0 Å². The summed E-state index contributed by atoms with van der Waals surface area (Å²) in [6.07, 6.45) is 2.75. The Hall–Kier alpha value is -5.11. The van der Waals surface area contributed by atoms with Gasteiger partial charge in [-0.3, -0.25) is 4.21 Å². The monoisotopic (exact) mass is 716 g/mol. The number of nitrogens with zero attached hydrogens (tertiary/aromatic N) is 4. The highest BCUT2D eigenvalue weighted by Gasteiger charge is 2.15. The highest BCUT2D eigenvalue weighted by atomic mass is 32.2. The molecule has 4 aromatic carbocycles. The highest BCUT2D eigenvalue weighted by Crippen LogP contribution is 2.18. The largest absolute Gasteiger partial charge is 0.255 e. The number of sulfone groups is 2. The lowest BCUT2D eigenvalue weighted by atomic mass is 10.2. The topological polar surface area (TPSA) is 181 Å². The van der Waals surface area contributed by atoms with Crippen LogP contribution in [0.4, 0.5) is 0 Å². The van der Waals surface area contributed by atoms with Crippen molar-refractivity contribution in [2.24, 2.45) is 0 Å². The van der Waals surface area contributed by atoms with Gasteiger partial charge in [-0.15, -0.1) is 0 Å². The van der Waals surface area contributed by atoms with E-state index in [1.54, 1.807) is 63.4 Å². The van der Waals surface area contributed by atoms with E-state index in [0.29, 0.717) is 27.8 Å². The van der Waals surface area contributed by atoms with Crippen LogP contribution >= 0.6 is 0 Å². The van der Waals surface area contributed by atoms with E-state index in [1.807, 2.05) is 62.4 Å². The van der Waals surface area contributed by atoms with Crippen LogP contribution in [0.3, 0.4) is 0 Å². The minimum Gasteiger partial charge on any atom is -0.255 e. The van der Waals surface area contributed by atoms with Gasteiger partial charge in [0.15, 0.2) is 19.7 Å². The Balaban J connectivity index is 0.000000629. The summed E-state index contributed by atoms with van der Waals surface area (Å²) >= 11 is 0. The highest BCUT2D eigenvalue weighted by molar-refractivity contribution is 7.91. The SMILES string of the molecule is C.CCS(=O)(=O)c1cc(C#N)ccc1C.Cc1ccc(C#N)cc1.Cc1ccc(C#N)cc1S(C)(=O)=O.Cc1ccc(C#N)cc1S(C)=O. The molecule has 0 aliphatic rings. The zero-order valence-electron chi connectivity index (χ0n) is 27.8. The molecule has 12 heteroatoms. The van der Waals surface area contributed by atoms with E-state index in [1.165, 1.54) is 17.7 Å². The molecule has 1 unspecified atom stereocenters. The average Bonchev–Trinajstić information content (AvgIpc) is 3.06. The standard InChI is InChI=1S/C10H11NO2S.C9H9NO2S.C9H9NOS.C8H7N.CH4/c1-3-14(12,13)10-6-9(7-11)5-4-8(10)2;1-7-3-4-8(6-10)5-9(7)13(2,11)12;1-7-3-4-8(6-10)5-9(7)12(2)11;1-7-2-4-8(6-9)5-3-7;/h4-6H,3H2,1-2H3;3-5H,1-2H3;3-5H,1-2H3;2-5H,1H3;1H4. The third-order valence-electron chi connectivity index (χ3n) is 6.56. The maximum Gasteiger partial charge on any atom is 0.178 e. The molecule has 0 saturated carbocycles. The van der Waals surface area contributed by atoms with Crippen molar-refractivity contribution < 1.29 is 21.0 Å². The van der Waals surface area contributed by atoms with Gasteiger partial charge in [0.25, 0.3) is 0 Å². The van der Waals surface area contributed by atoms with Crippen LogP contribution in [-0.2, 0) is 30.5 Å². The fraction of sp³-hybridized carbons (Fsp3) is 0.243. The first-order valence-corrected chi connectivity index (χ1v) is 19.3. The first-order chi connectivity index (χ1) is 22.4. The summed E-state index contributed by atoms with van der Waals surface area (Å²) in [5.74, 6) is 0.0583. The summed E-state index contributed by atoms with van der Waals surface area (Å²) in [5.41, 5.74) is 5.54. The second-order valence-corrected chi connectivity index (χ2v) is 16.0. The molecule has 0 saturated heterocycles. The summed E-state index contributed by atoms with van der Waals surface area (Å²) in [6, 6.07) is 29.9. The summed E-state index contributed by atoms with van der Waals surface area (Å²) in [7, 11) is -7.43. The summed E-state index contributed by atoms with van der Waals surface area (Å²) in [5, 5.41) is 34.2.